The first-order valence-corrected chi connectivity index (χ1v) is 12.9. The highest BCUT2D eigenvalue weighted by Gasteiger charge is 2.30. The minimum Gasteiger partial charge on any atom is -0.373 e. The number of hydrogen-bond donors (Lipinski definition) is 3. The number of morpholine rings is 1. The zero-order valence-corrected chi connectivity index (χ0v) is 19.6. The number of carbonyl (C=O) groups excluding carboxylic acids is 2. The third-order valence-electron chi connectivity index (χ3n) is 5.77. The van der Waals surface area contributed by atoms with Gasteiger partial charge in [-0.1, -0.05) is 19.3 Å². The Bertz CT molecular complexity index is 874. The van der Waals surface area contributed by atoms with Crippen LogP contribution in [0.15, 0.2) is 24.3 Å². The van der Waals surface area contributed by atoms with Crippen LogP contribution in [0.1, 0.15) is 56.3 Å². The summed E-state index contributed by atoms with van der Waals surface area (Å²) in [7, 11) is -3.48. The van der Waals surface area contributed by atoms with Crippen molar-refractivity contribution in [3.63, 3.8) is 0 Å². The van der Waals surface area contributed by atoms with Crippen LogP contribution < -0.4 is 16.0 Å². The minimum absolute atomic E-state index is 0.00381. The van der Waals surface area contributed by atoms with Gasteiger partial charge < -0.3 is 20.7 Å². The maximum atomic E-state index is 12.5. The van der Waals surface area contributed by atoms with Gasteiger partial charge in [0.25, 0.3) is 5.91 Å². The zero-order valence-electron chi connectivity index (χ0n) is 18.8. The summed E-state index contributed by atoms with van der Waals surface area (Å²) in [5.74, 6) is -0.287. The fraction of sp³-hybridized carbons (Fsp3) is 0.636. The number of ether oxygens (including phenoxy) is 1. The second-order valence-electron chi connectivity index (χ2n) is 8.66. The molecule has 2 aliphatic rings. The van der Waals surface area contributed by atoms with Crippen molar-refractivity contribution in [2.45, 2.75) is 64.2 Å². The molecule has 32 heavy (non-hydrogen) atoms. The third-order valence-corrected chi connectivity index (χ3v) is 7.58. The molecule has 3 amide bonds. The van der Waals surface area contributed by atoms with E-state index in [4.69, 9.17) is 4.74 Å². The van der Waals surface area contributed by atoms with Crippen LogP contribution in [0.5, 0.6) is 0 Å². The summed E-state index contributed by atoms with van der Waals surface area (Å²) in [6.07, 6.45) is 5.25. The number of nitrogens with zero attached hydrogens (tertiary/aromatic N) is 1. The number of benzene rings is 1. The smallest absolute Gasteiger partial charge is 0.319 e. The SMILES string of the molecule is CC1CN(S(=O)(=O)CCNC(=O)Nc2ccc(C(=O)NC3CCCCC3)cc2)CC(C)O1. The molecule has 0 bridgehead atoms. The summed E-state index contributed by atoms with van der Waals surface area (Å²) in [6.45, 7) is 4.32. The van der Waals surface area contributed by atoms with Crippen LogP contribution in [0.25, 0.3) is 0 Å². The number of rotatable bonds is 7. The number of sulfonamides is 1. The first kappa shape index (κ1) is 24.5. The second kappa shape index (κ2) is 11.1. The lowest BCUT2D eigenvalue weighted by molar-refractivity contribution is -0.0440. The molecule has 0 radical (unpaired) electrons. The maximum absolute atomic E-state index is 12.5. The fourth-order valence-electron chi connectivity index (χ4n) is 4.18. The van der Waals surface area contributed by atoms with E-state index in [1.54, 1.807) is 24.3 Å². The van der Waals surface area contributed by atoms with Gasteiger partial charge in [0.05, 0.1) is 18.0 Å². The van der Waals surface area contributed by atoms with E-state index in [9.17, 15) is 18.0 Å². The number of urea groups is 1. The zero-order chi connectivity index (χ0) is 23.1. The van der Waals surface area contributed by atoms with E-state index < -0.39 is 16.1 Å². The lowest BCUT2D eigenvalue weighted by atomic mass is 9.95. The molecule has 178 valence electrons. The molecule has 10 heteroatoms. The Morgan fingerprint density at radius 3 is 2.28 bits per heavy atom. The molecule has 3 rings (SSSR count). The highest BCUT2D eigenvalue weighted by Crippen LogP contribution is 2.18. The van der Waals surface area contributed by atoms with E-state index in [1.165, 1.54) is 10.7 Å². The lowest BCUT2D eigenvalue weighted by Crippen LogP contribution is -2.49. The van der Waals surface area contributed by atoms with Gasteiger partial charge in [-0.2, -0.15) is 4.31 Å². The van der Waals surface area contributed by atoms with Gasteiger partial charge >= 0.3 is 6.03 Å². The summed E-state index contributed by atoms with van der Waals surface area (Å²) in [6, 6.07) is 6.38. The highest BCUT2D eigenvalue weighted by atomic mass is 32.2. The Morgan fingerprint density at radius 1 is 1.03 bits per heavy atom. The van der Waals surface area contributed by atoms with Crippen molar-refractivity contribution < 1.29 is 22.7 Å². The largest absolute Gasteiger partial charge is 0.373 e. The highest BCUT2D eigenvalue weighted by molar-refractivity contribution is 7.89. The van der Waals surface area contributed by atoms with Crippen molar-refractivity contribution in [1.29, 1.82) is 0 Å². The second-order valence-corrected chi connectivity index (χ2v) is 10.7. The number of amides is 3. The quantitative estimate of drug-likeness (QED) is 0.570. The fourth-order valence-corrected chi connectivity index (χ4v) is 5.67. The van der Waals surface area contributed by atoms with E-state index in [2.05, 4.69) is 16.0 Å². The Labute approximate surface area is 190 Å². The molecule has 1 saturated carbocycles. The van der Waals surface area contributed by atoms with Crippen LogP contribution in [0, 0.1) is 0 Å². The maximum Gasteiger partial charge on any atom is 0.319 e. The normalized spacial score (nSPS) is 22.8. The van der Waals surface area contributed by atoms with Gasteiger partial charge in [0.2, 0.25) is 10.0 Å². The molecule has 1 aromatic rings. The van der Waals surface area contributed by atoms with Crippen molar-refractivity contribution in [1.82, 2.24) is 14.9 Å². The van der Waals surface area contributed by atoms with E-state index in [-0.39, 0.29) is 36.5 Å². The van der Waals surface area contributed by atoms with Gasteiger partial charge in [-0.3, -0.25) is 4.79 Å². The number of carbonyl (C=O) groups is 2. The molecular formula is C22H34N4O5S. The monoisotopic (exact) mass is 466 g/mol. The average molecular weight is 467 g/mol. The van der Waals surface area contributed by atoms with Crippen LogP contribution in [-0.2, 0) is 14.8 Å². The van der Waals surface area contributed by atoms with Crippen LogP contribution in [0.2, 0.25) is 0 Å². The Balaban J connectivity index is 1.42. The van der Waals surface area contributed by atoms with E-state index in [0.29, 0.717) is 24.3 Å². The molecule has 1 aliphatic carbocycles. The Hall–Kier alpha value is -2.17. The van der Waals surface area contributed by atoms with Gasteiger partial charge in [0.15, 0.2) is 0 Å². The summed E-state index contributed by atoms with van der Waals surface area (Å²) >= 11 is 0. The number of hydrogen-bond acceptors (Lipinski definition) is 5. The molecule has 1 aliphatic heterocycles. The van der Waals surface area contributed by atoms with Crippen LogP contribution in [-0.4, -0.2) is 68.3 Å². The van der Waals surface area contributed by atoms with Crippen LogP contribution in [0.4, 0.5) is 10.5 Å². The molecule has 1 saturated heterocycles. The van der Waals surface area contributed by atoms with Gasteiger partial charge in [-0.05, 0) is 51.0 Å². The molecule has 1 aromatic carbocycles. The van der Waals surface area contributed by atoms with Crippen molar-refractivity contribution in [3.8, 4) is 0 Å². The average Bonchev–Trinajstić information content (AvgIpc) is 2.74. The van der Waals surface area contributed by atoms with Gasteiger partial charge in [-0.25, -0.2) is 13.2 Å². The molecular weight excluding hydrogens is 432 g/mol. The first-order valence-electron chi connectivity index (χ1n) is 11.3. The van der Waals surface area contributed by atoms with Crippen molar-refractivity contribution in [2.75, 3.05) is 30.7 Å². The van der Waals surface area contributed by atoms with Crippen molar-refractivity contribution >= 4 is 27.6 Å². The van der Waals surface area contributed by atoms with Crippen LogP contribution in [0.3, 0.4) is 0 Å². The predicted molar refractivity (Wildman–Crippen MR) is 123 cm³/mol. The summed E-state index contributed by atoms with van der Waals surface area (Å²) < 4.78 is 32.0. The lowest BCUT2D eigenvalue weighted by Gasteiger charge is -2.34. The summed E-state index contributed by atoms with van der Waals surface area (Å²) in [5, 5.41) is 8.30. The molecule has 2 fully saturated rings. The first-order chi connectivity index (χ1) is 15.2. The standard InChI is InChI=1S/C22H34N4O5S/c1-16-14-26(15-17(2)31-16)32(29,30)13-12-23-22(28)25-20-10-8-18(9-11-20)21(27)24-19-6-4-3-5-7-19/h8-11,16-17,19H,3-7,12-15H2,1-2H3,(H,24,27)(H2,23,25,28). The molecule has 0 aromatic heterocycles. The third kappa shape index (κ3) is 7.18. The minimum atomic E-state index is -3.48. The molecule has 3 N–H and O–H groups in total. The van der Waals surface area contributed by atoms with E-state index in [0.717, 1.165) is 25.7 Å². The van der Waals surface area contributed by atoms with Crippen molar-refractivity contribution in [2.24, 2.45) is 0 Å². The summed E-state index contributed by atoms with van der Waals surface area (Å²) in [5.41, 5.74) is 1.07. The summed E-state index contributed by atoms with van der Waals surface area (Å²) in [4.78, 5) is 24.5. The topological polar surface area (TPSA) is 117 Å². The Morgan fingerprint density at radius 2 is 1.66 bits per heavy atom. The molecule has 9 nitrogen and oxygen atoms in total. The van der Waals surface area contributed by atoms with Gasteiger partial charge in [0, 0.05) is 36.9 Å². The number of anilines is 1. The Kier molecular flexibility index (Phi) is 8.50. The molecule has 2 unspecified atom stereocenters. The van der Waals surface area contributed by atoms with Crippen LogP contribution >= 0.6 is 0 Å². The van der Waals surface area contributed by atoms with Gasteiger partial charge in [0.1, 0.15) is 0 Å². The molecule has 2 atom stereocenters. The molecule has 1 heterocycles. The van der Waals surface area contributed by atoms with Crippen molar-refractivity contribution in [3.05, 3.63) is 29.8 Å². The predicted octanol–water partition coefficient (Wildman–Crippen LogP) is 2.31. The molecule has 0 spiro atoms. The van der Waals surface area contributed by atoms with Gasteiger partial charge in [-0.15, -0.1) is 0 Å². The number of nitrogens with one attached hydrogen (secondary N) is 3. The van der Waals surface area contributed by atoms with E-state index >= 15 is 0 Å². The van der Waals surface area contributed by atoms with E-state index in [1.807, 2.05) is 13.8 Å².